The molecule has 0 bridgehead atoms. The van der Waals surface area contributed by atoms with E-state index in [1.807, 2.05) is 4.98 Å². The van der Waals surface area contributed by atoms with Crippen LogP contribution >= 0.6 is 7.60 Å². The van der Waals surface area contributed by atoms with Gasteiger partial charge < -0.3 is 24.2 Å². The summed E-state index contributed by atoms with van der Waals surface area (Å²) >= 11 is 0. The number of hydrogen-bond donors (Lipinski definition) is 3. The van der Waals surface area contributed by atoms with Gasteiger partial charge in [0.2, 0.25) is 0 Å². The zero-order valence-corrected chi connectivity index (χ0v) is 22.2. The standard InChI is InChI=1S/C24H32FN2O10P/c1-14(2)34-21(30)15(3)12-38(33,37-17-8-6-5-7-9-17)36-16(4)19-20(29)24(32,13-25)22(35-19)27-11-10-18(28)26-23(27)31/h5-11,14-16,19-20,22,29,32H,12-13H2,1-4H3,(H,26,28,31)/t15-,16+,19-,20+,22-,24?,38?/m1/s1. The summed E-state index contributed by atoms with van der Waals surface area (Å²) in [6, 6.07) is 9.00. The molecule has 0 radical (unpaired) electrons. The largest absolute Gasteiger partial charge is 0.463 e. The monoisotopic (exact) mass is 558 g/mol. The van der Waals surface area contributed by atoms with Gasteiger partial charge in [-0.15, -0.1) is 0 Å². The Bertz CT molecular complexity index is 1270. The number of aromatic amines is 1. The quantitative estimate of drug-likeness (QED) is 0.273. The fraction of sp³-hybridized carbons (Fsp3) is 0.542. The molecule has 1 fully saturated rings. The lowest BCUT2D eigenvalue weighted by molar-refractivity contribution is -0.151. The molecule has 210 valence electrons. The van der Waals surface area contributed by atoms with E-state index in [4.69, 9.17) is 18.5 Å². The molecule has 14 heteroatoms. The third-order valence-corrected chi connectivity index (χ3v) is 8.02. The van der Waals surface area contributed by atoms with E-state index in [0.717, 1.165) is 16.8 Å². The Morgan fingerprint density at radius 2 is 1.87 bits per heavy atom. The van der Waals surface area contributed by atoms with Crippen LogP contribution in [0.1, 0.15) is 33.9 Å². The first-order chi connectivity index (χ1) is 17.8. The van der Waals surface area contributed by atoms with E-state index < -0.39 is 79.8 Å². The third-order valence-electron chi connectivity index (χ3n) is 5.88. The van der Waals surface area contributed by atoms with E-state index in [1.165, 1.54) is 26.0 Å². The second-order valence-electron chi connectivity index (χ2n) is 9.44. The highest BCUT2D eigenvalue weighted by Crippen LogP contribution is 2.53. The predicted molar refractivity (Wildman–Crippen MR) is 133 cm³/mol. The molecule has 0 amide bonds. The first-order valence-corrected chi connectivity index (χ1v) is 13.7. The van der Waals surface area contributed by atoms with Gasteiger partial charge >= 0.3 is 19.3 Å². The van der Waals surface area contributed by atoms with E-state index in [-0.39, 0.29) is 5.75 Å². The van der Waals surface area contributed by atoms with Crippen molar-refractivity contribution in [3.8, 4) is 5.75 Å². The molecular formula is C24H32FN2O10P. The molecule has 1 aromatic carbocycles. The SMILES string of the molecule is CC(C)OC(=O)[C@H](C)CP(=O)(Oc1ccccc1)O[C@@H](C)[C@H]1O[C@@H](n2ccc(=O)[nH]c2=O)C(O)(CF)[C@H]1O. The van der Waals surface area contributed by atoms with Crippen molar-refractivity contribution in [1.82, 2.24) is 9.55 Å². The van der Waals surface area contributed by atoms with Gasteiger partial charge in [-0.3, -0.25) is 23.7 Å². The first kappa shape index (κ1) is 29.7. The molecule has 2 aromatic rings. The fourth-order valence-electron chi connectivity index (χ4n) is 4.02. The highest BCUT2D eigenvalue weighted by molar-refractivity contribution is 7.54. The van der Waals surface area contributed by atoms with Crippen LogP contribution < -0.4 is 15.8 Å². The Morgan fingerprint density at radius 3 is 2.45 bits per heavy atom. The van der Waals surface area contributed by atoms with Gasteiger partial charge in [0.25, 0.3) is 5.56 Å². The van der Waals surface area contributed by atoms with E-state index >= 15 is 0 Å². The van der Waals surface area contributed by atoms with Crippen LogP contribution in [0.2, 0.25) is 0 Å². The fourth-order valence-corrected chi connectivity index (χ4v) is 6.11. The van der Waals surface area contributed by atoms with Crippen molar-refractivity contribution >= 4 is 13.6 Å². The van der Waals surface area contributed by atoms with Gasteiger partial charge in [-0.25, -0.2) is 13.8 Å². The second kappa shape index (κ2) is 11.9. The van der Waals surface area contributed by atoms with Crippen LogP contribution in [0.4, 0.5) is 4.39 Å². The molecule has 0 saturated carbocycles. The van der Waals surface area contributed by atoms with Gasteiger partial charge in [-0.05, 0) is 32.9 Å². The molecule has 1 aliphatic rings. The van der Waals surface area contributed by atoms with Gasteiger partial charge in [-0.2, -0.15) is 0 Å². The minimum atomic E-state index is -4.17. The van der Waals surface area contributed by atoms with E-state index in [1.54, 1.807) is 32.0 Å². The second-order valence-corrected chi connectivity index (χ2v) is 11.4. The van der Waals surface area contributed by atoms with Crippen LogP contribution in [0, 0.1) is 5.92 Å². The van der Waals surface area contributed by atoms with Crippen LogP contribution in [-0.2, 0) is 23.4 Å². The number of benzene rings is 1. The molecule has 1 aliphatic heterocycles. The molecule has 2 unspecified atom stereocenters. The van der Waals surface area contributed by atoms with Crippen molar-refractivity contribution in [1.29, 1.82) is 0 Å². The maximum Gasteiger partial charge on any atom is 0.380 e. The molecule has 3 rings (SSSR count). The van der Waals surface area contributed by atoms with Crippen molar-refractivity contribution in [2.45, 2.75) is 63.9 Å². The molecule has 2 heterocycles. The number of esters is 1. The summed E-state index contributed by atoms with van der Waals surface area (Å²) in [7, 11) is -4.17. The van der Waals surface area contributed by atoms with Crippen LogP contribution in [0.25, 0.3) is 0 Å². The average Bonchev–Trinajstić information content (AvgIpc) is 3.10. The summed E-state index contributed by atoms with van der Waals surface area (Å²) in [5, 5.41) is 21.7. The number of aromatic nitrogens is 2. The lowest BCUT2D eigenvalue weighted by Gasteiger charge is -2.30. The summed E-state index contributed by atoms with van der Waals surface area (Å²) in [6.07, 6.45) is -6.32. The first-order valence-electron chi connectivity index (χ1n) is 12.0. The van der Waals surface area contributed by atoms with Gasteiger partial charge in [0.05, 0.1) is 24.3 Å². The van der Waals surface area contributed by atoms with Crippen LogP contribution in [0.15, 0.2) is 52.2 Å². The number of carbonyl (C=O) groups is 1. The highest BCUT2D eigenvalue weighted by Gasteiger charge is 2.59. The maximum absolute atomic E-state index is 14.1. The van der Waals surface area contributed by atoms with Gasteiger partial charge in [-0.1, -0.05) is 25.1 Å². The number of hydrogen-bond acceptors (Lipinski definition) is 10. The molecule has 1 aromatic heterocycles. The third kappa shape index (κ3) is 6.59. The van der Waals surface area contributed by atoms with Crippen molar-refractivity contribution in [2.24, 2.45) is 5.92 Å². The lowest BCUT2D eigenvalue weighted by Crippen LogP contribution is -2.51. The number of para-hydroxylation sites is 1. The van der Waals surface area contributed by atoms with Crippen molar-refractivity contribution in [2.75, 3.05) is 12.8 Å². The van der Waals surface area contributed by atoms with Gasteiger partial charge in [0.1, 0.15) is 24.6 Å². The minimum Gasteiger partial charge on any atom is -0.463 e. The van der Waals surface area contributed by atoms with Crippen LogP contribution in [0.5, 0.6) is 5.75 Å². The number of ether oxygens (including phenoxy) is 2. The Kier molecular flexibility index (Phi) is 9.32. The smallest absolute Gasteiger partial charge is 0.380 e. The number of nitrogens with zero attached hydrogens (tertiary/aromatic N) is 1. The number of alkyl halides is 1. The van der Waals surface area contributed by atoms with Gasteiger partial charge in [0, 0.05) is 12.3 Å². The van der Waals surface area contributed by atoms with Crippen LogP contribution in [0.3, 0.4) is 0 Å². The number of carbonyl (C=O) groups excluding carboxylic acids is 1. The summed E-state index contributed by atoms with van der Waals surface area (Å²) in [6.45, 7) is 4.64. The number of aliphatic hydroxyl groups is 2. The zero-order chi connectivity index (χ0) is 28.3. The summed E-state index contributed by atoms with van der Waals surface area (Å²) < 4.78 is 51.0. The molecule has 1 saturated heterocycles. The topological polar surface area (TPSA) is 166 Å². The van der Waals surface area contributed by atoms with Crippen molar-refractivity contribution < 1.29 is 42.5 Å². The molecule has 0 spiro atoms. The molecule has 3 N–H and O–H groups in total. The summed E-state index contributed by atoms with van der Waals surface area (Å²) in [5.41, 5.74) is -4.35. The number of H-pyrrole nitrogens is 1. The van der Waals surface area contributed by atoms with E-state index in [9.17, 15) is 33.6 Å². The number of nitrogens with one attached hydrogen (secondary N) is 1. The zero-order valence-electron chi connectivity index (χ0n) is 21.4. The minimum absolute atomic E-state index is 0.179. The molecule has 12 nitrogen and oxygen atoms in total. The molecule has 7 atom stereocenters. The van der Waals surface area contributed by atoms with Crippen LogP contribution in [-0.4, -0.2) is 68.6 Å². The molecule has 38 heavy (non-hydrogen) atoms. The number of halogens is 1. The average molecular weight is 558 g/mol. The molecule has 0 aliphatic carbocycles. The van der Waals surface area contributed by atoms with Crippen molar-refractivity contribution in [3.05, 3.63) is 63.4 Å². The highest BCUT2D eigenvalue weighted by atomic mass is 31.2. The Labute approximate surface area is 217 Å². The lowest BCUT2D eigenvalue weighted by atomic mass is 9.93. The van der Waals surface area contributed by atoms with Gasteiger partial charge in [0.15, 0.2) is 11.8 Å². The summed E-state index contributed by atoms with van der Waals surface area (Å²) in [4.78, 5) is 38.1. The Morgan fingerprint density at radius 1 is 1.21 bits per heavy atom. The van der Waals surface area contributed by atoms with E-state index in [0.29, 0.717) is 0 Å². The summed E-state index contributed by atoms with van der Waals surface area (Å²) in [5.74, 6) is -1.36. The Hall–Kier alpha value is -2.83. The normalized spacial score (nSPS) is 26.5. The molecular weight excluding hydrogens is 526 g/mol. The number of rotatable bonds is 11. The maximum atomic E-state index is 14.1. The van der Waals surface area contributed by atoms with E-state index in [2.05, 4.69) is 0 Å². The Balaban J connectivity index is 1.89. The van der Waals surface area contributed by atoms with Crippen molar-refractivity contribution in [3.63, 3.8) is 0 Å². The predicted octanol–water partition coefficient (Wildman–Crippen LogP) is 1.76. The number of aliphatic hydroxyl groups excluding tert-OH is 1.